The van der Waals surface area contributed by atoms with Crippen LogP contribution in [0.4, 0.5) is 5.69 Å². The van der Waals surface area contributed by atoms with E-state index in [0.717, 1.165) is 17.1 Å². The summed E-state index contributed by atoms with van der Waals surface area (Å²) in [6.45, 7) is 0.841. The number of para-hydroxylation sites is 1. The Morgan fingerprint density at radius 1 is 1.14 bits per heavy atom. The van der Waals surface area contributed by atoms with Gasteiger partial charge < -0.3 is 0 Å². The van der Waals surface area contributed by atoms with Gasteiger partial charge in [0.25, 0.3) is 0 Å². The standard InChI is InChI=1S/C11H13NOSe/c1-2-6-10(7-3-1)12-11-13-8-4-5-9-14-11/h1-3,6-7H,4-5,8-9H2. The van der Waals surface area contributed by atoms with Gasteiger partial charge in [0.2, 0.25) is 0 Å². The molecule has 1 aromatic rings. The van der Waals surface area contributed by atoms with E-state index >= 15 is 0 Å². The molecule has 1 aromatic carbocycles. The fourth-order valence-electron chi connectivity index (χ4n) is 1.24. The summed E-state index contributed by atoms with van der Waals surface area (Å²) in [5.74, 6) is 0. The van der Waals surface area contributed by atoms with Gasteiger partial charge in [-0.1, -0.05) is 0 Å². The Bertz CT molecular complexity index is 300. The summed E-state index contributed by atoms with van der Waals surface area (Å²) in [6.07, 6.45) is 2.46. The van der Waals surface area contributed by atoms with Gasteiger partial charge in [-0.2, -0.15) is 0 Å². The third kappa shape index (κ3) is 2.86. The van der Waals surface area contributed by atoms with E-state index in [1.807, 2.05) is 30.3 Å². The van der Waals surface area contributed by atoms with E-state index in [1.54, 1.807) is 0 Å². The summed E-state index contributed by atoms with van der Waals surface area (Å²) in [6, 6.07) is 10.0. The van der Waals surface area contributed by atoms with Crippen LogP contribution in [0.15, 0.2) is 35.3 Å². The molecular formula is C11H13NOSe. The van der Waals surface area contributed by atoms with E-state index in [4.69, 9.17) is 4.74 Å². The first-order valence-electron chi connectivity index (χ1n) is 4.84. The van der Waals surface area contributed by atoms with Crippen LogP contribution in [0.25, 0.3) is 0 Å². The van der Waals surface area contributed by atoms with Crippen molar-refractivity contribution in [1.29, 1.82) is 0 Å². The predicted octanol–water partition coefficient (Wildman–Crippen LogP) is 2.61. The second kappa shape index (κ2) is 5.18. The zero-order valence-electron chi connectivity index (χ0n) is 7.98. The Labute approximate surface area is 90.5 Å². The molecule has 74 valence electrons. The number of nitrogens with zero attached hydrogens (tertiary/aromatic N) is 1. The Balaban J connectivity index is 2.09. The van der Waals surface area contributed by atoms with Gasteiger partial charge in [-0.05, 0) is 0 Å². The van der Waals surface area contributed by atoms with E-state index in [9.17, 15) is 0 Å². The molecule has 0 atom stereocenters. The van der Waals surface area contributed by atoms with E-state index in [0.29, 0.717) is 15.0 Å². The monoisotopic (exact) mass is 255 g/mol. The normalized spacial score (nSPS) is 20.1. The first kappa shape index (κ1) is 9.75. The molecule has 2 rings (SSSR count). The molecule has 0 aromatic heterocycles. The third-order valence-electron chi connectivity index (χ3n) is 1.97. The molecule has 0 radical (unpaired) electrons. The summed E-state index contributed by atoms with van der Waals surface area (Å²) >= 11 is 0.437. The second-order valence-corrected chi connectivity index (χ2v) is 5.31. The zero-order valence-corrected chi connectivity index (χ0v) is 9.69. The molecule has 0 saturated carbocycles. The van der Waals surface area contributed by atoms with E-state index in [2.05, 4.69) is 4.99 Å². The molecule has 0 bridgehead atoms. The van der Waals surface area contributed by atoms with Crippen LogP contribution in [0.3, 0.4) is 0 Å². The Kier molecular flexibility index (Phi) is 3.61. The van der Waals surface area contributed by atoms with Crippen LogP contribution in [-0.2, 0) is 4.74 Å². The first-order chi connectivity index (χ1) is 6.95. The molecule has 0 amide bonds. The topological polar surface area (TPSA) is 21.6 Å². The minimum absolute atomic E-state index is 0.437. The van der Waals surface area contributed by atoms with Crippen LogP contribution in [0.1, 0.15) is 12.8 Å². The van der Waals surface area contributed by atoms with E-state index in [1.165, 1.54) is 18.2 Å². The van der Waals surface area contributed by atoms with Gasteiger partial charge in [0.05, 0.1) is 0 Å². The van der Waals surface area contributed by atoms with Crippen molar-refractivity contribution in [3.05, 3.63) is 30.3 Å². The van der Waals surface area contributed by atoms with Crippen molar-refractivity contribution >= 4 is 25.4 Å². The average Bonchev–Trinajstić information content (AvgIpc) is 2.48. The summed E-state index contributed by atoms with van der Waals surface area (Å²) in [7, 11) is 0. The van der Waals surface area contributed by atoms with Crippen LogP contribution >= 0.6 is 0 Å². The maximum atomic E-state index is 5.58. The van der Waals surface area contributed by atoms with Crippen LogP contribution < -0.4 is 0 Å². The van der Waals surface area contributed by atoms with Gasteiger partial charge in [0, 0.05) is 0 Å². The fourth-order valence-corrected chi connectivity index (χ4v) is 3.04. The molecule has 14 heavy (non-hydrogen) atoms. The molecule has 0 spiro atoms. The predicted molar refractivity (Wildman–Crippen MR) is 59.3 cm³/mol. The molecule has 1 fully saturated rings. The molecule has 0 aliphatic carbocycles. The summed E-state index contributed by atoms with van der Waals surface area (Å²) in [4.78, 5) is 5.46. The molecule has 0 unspecified atom stereocenters. The molecule has 3 heteroatoms. The van der Waals surface area contributed by atoms with Crippen LogP contribution in [0.5, 0.6) is 0 Å². The van der Waals surface area contributed by atoms with Crippen molar-refractivity contribution in [2.24, 2.45) is 4.99 Å². The Hall–Kier alpha value is -0.791. The number of aliphatic imine (C=N–C) groups is 1. The van der Waals surface area contributed by atoms with Crippen molar-refractivity contribution in [2.45, 2.75) is 18.2 Å². The maximum absolute atomic E-state index is 5.58. The van der Waals surface area contributed by atoms with Gasteiger partial charge in [0.15, 0.2) is 0 Å². The third-order valence-corrected chi connectivity index (χ3v) is 3.96. The summed E-state index contributed by atoms with van der Waals surface area (Å²) in [5.41, 5.74) is 1.01. The van der Waals surface area contributed by atoms with Crippen LogP contribution in [0.2, 0.25) is 5.32 Å². The average molecular weight is 254 g/mol. The molecule has 0 N–H and O–H groups in total. The molecule has 1 saturated heterocycles. The van der Waals surface area contributed by atoms with Crippen molar-refractivity contribution in [3.63, 3.8) is 0 Å². The molecule has 2 nitrogen and oxygen atoms in total. The number of ether oxygens (including phenoxy) is 1. The first-order valence-corrected chi connectivity index (χ1v) is 6.91. The number of hydrogen-bond donors (Lipinski definition) is 0. The number of hydrogen-bond acceptors (Lipinski definition) is 2. The van der Waals surface area contributed by atoms with E-state index in [-0.39, 0.29) is 0 Å². The van der Waals surface area contributed by atoms with Crippen LogP contribution in [0, 0.1) is 0 Å². The summed E-state index contributed by atoms with van der Waals surface area (Å²) in [5, 5.41) is 1.26. The van der Waals surface area contributed by atoms with E-state index < -0.39 is 0 Å². The molecule has 1 aliphatic heterocycles. The number of benzene rings is 1. The SMILES string of the molecule is c1ccc(N=C2OCCCC[Se]2)cc1. The minimum atomic E-state index is 0.437. The van der Waals surface area contributed by atoms with Gasteiger partial charge >= 0.3 is 90.3 Å². The van der Waals surface area contributed by atoms with Crippen molar-refractivity contribution in [2.75, 3.05) is 6.61 Å². The van der Waals surface area contributed by atoms with Crippen molar-refractivity contribution < 1.29 is 4.74 Å². The van der Waals surface area contributed by atoms with Gasteiger partial charge in [0.1, 0.15) is 0 Å². The molecule has 1 aliphatic rings. The summed E-state index contributed by atoms with van der Waals surface area (Å²) < 4.78 is 5.58. The van der Waals surface area contributed by atoms with Crippen molar-refractivity contribution in [1.82, 2.24) is 0 Å². The van der Waals surface area contributed by atoms with Gasteiger partial charge in [-0.25, -0.2) is 0 Å². The Morgan fingerprint density at radius 3 is 2.86 bits per heavy atom. The van der Waals surface area contributed by atoms with Crippen LogP contribution in [-0.4, -0.2) is 26.4 Å². The van der Waals surface area contributed by atoms with Gasteiger partial charge in [-0.3, -0.25) is 0 Å². The number of rotatable bonds is 1. The molecular weight excluding hydrogens is 241 g/mol. The fraction of sp³-hybridized carbons (Fsp3) is 0.364. The van der Waals surface area contributed by atoms with Crippen molar-refractivity contribution in [3.8, 4) is 0 Å². The van der Waals surface area contributed by atoms with Gasteiger partial charge in [-0.15, -0.1) is 0 Å². The quantitative estimate of drug-likeness (QED) is 0.706. The molecule has 1 heterocycles. The Morgan fingerprint density at radius 2 is 2.00 bits per heavy atom. The zero-order chi connectivity index (χ0) is 9.64. The second-order valence-electron chi connectivity index (χ2n) is 3.12.